The van der Waals surface area contributed by atoms with Crippen LogP contribution < -0.4 is 5.56 Å². The van der Waals surface area contributed by atoms with Crippen LogP contribution in [0.2, 0.25) is 0 Å². The van der Waals surface area contributed by atoms with Crippen LogP contribution in [0.4, 0.5) is 0 Å². The third kappa shape index (κ3) is 1.75. The summed E-state index contributed by atoms with van der Waals surface area (Å²) in [5.74, 6) is 0. The highest BCUT2D eigenvalue weighted by Crippen LogP contribution is 2.30. The first-order chi connectivity index (χ1) is 9.13. The molecule has 0 unspecified atom stereocenters. The Morgan fingerprint density at radius 1 is 1.42 bits per heavy atom. The van der Waals surface area contributed by atoms with Crippen molar-refractivity contribution in [1.29, 1.82) is 0 Å². The number of aromatic amines is 1. The molecular weight excluding hydrogens is 256 g/mol. The number of fused-ring (bicyclic) bond motifs is 1. The van der Waals surface area contributed by atoms with Crippen LogP contribution in [-0.2, 0) is 4.74 Å². The van der Waals surface area contributed by atoms with Gasteiger partial charge >= 0.3 is 0 Å². The highest BCUT2D eigenvalue weighted by molar-refractivity contribution is 5.72. The number of rotatable bonds is 2. The van der Waals surface area contributed by atoms with Gasteiger partial charge in [-0.1, -0.05) is 0 Å². The number of aliphatic hydroxyl groups excluding tert-OH is 3. The number of aliphatic hydroxyl groups is 3. The van der Waals surface area contributed by atoms with Gasteiger partial charge in [-0.25, -0.2) is 9.67 Å². The molecule has 2 aromatic rings. The second-order valence-electron chi connectivity index (χ2n) is 4.29. The number of ether oxygens (including phenoxy) is 1. The molecule has 1 saturated heterocycles. The molecule has 0 bridgehead atoms. The van der Waals surface area contributed by atoms with E-state index in [-0.39, 0.29) is 16.6 Å². The summed E-state index contributed by atoms with van der Waals surface area (Å²) in [5, 5.41) is 32.8. The van der Waals surface area contributed by atoms with Gasteiger partial charge in [-0.2, -0.15) is 5.10 Å². The Morgan fingerprint density at radius 3 is 2.89 bits per heavy atom. The lowest BCUT2D eigenvalue weighted by molar-refractivity contribution is -0.0566. The number of nitrogens with one attached hydrogen (secondary N) is 1. The number of aromatic nitrogens is 4. The zero-order valence-corrected chi connectivity index (χ0v) is 9.67. The predicted octanol–water partition coefficient (Wildman–Crippen LogP) is -2.27. The summed E-state index contributed by atoms with van der Waals surface area (Å²) in [4.78, 5) is 17.9. The van der Waals surface area contributed by atoms with Gasteiger partial charge in [-0.05, 0) is 0 Å². The molecule has 4 atom stereocenters. The number of nitrogens with zero attached hydrogens (tertiary/aromatic N) is 3. The maximum Gasteiger partial charge on any atom is 0.261 e. The van der Waals surface area contributed by atoms with Gasteiger partial charge in [0, 0.05) is 0 Å². The van der Waals surface area contributed by atoms with Crippen molar-refractivity contribution in [2.24, 2.45) is 0 Å². The molecule has 9 heteroatoms. The van der Waals surface area contributed by atoms with Crippen LogP contribution in [0.15, 0.2) is 17.3 Å². The van der Waals surface area contributed by atoms with Crippen LogP contribution in [0.3, 0.4) is 0 Å². The monoisotopic (exact) mass is 268 g/mol. The molecule has 4 N–H and O–H groups in total. The van der Waals surface area contributed by atoms with Gasteiger partial charge in [0.15, 0.2) is 11.9 Å². The van der Waals surface area contributed by atoms with E-state index in [0.29, 0.717) is 0 Å². The average Bonchev–Trinajstić information content (AvgIpc) is 2.94. The largest absolute Gasteiger partial charge is 0.394 e. The van der Waals surface area contributed by atoms with E-state index >= 15 is 0 Å². The van der Waals surface area contributed by atoms with Gasteiger partial charge < -0.3 is 25.0 Å². The Balaban J connectivity index is 2.06. The summed E-state index contributed by atoms with van der Waals surface area (Å²) in [7, 11) is 0. The predicted molar refractivity (Wildman–Crippen MR) is 61.2 cm³/mol. The highest BCUT2D eigenvalue weighted by Gasteiger charge is 2.44. The quantitative estimate of drug-likeness (QED) is 0.482. The van der Waals surface area contributed by atoms with Crippen LogP contribution in [0.5, 0.6) is 0 Å². The Kier molecular flexibility index (Phi) is 2.82. The second-order valence-corrected chi connectivity index (χ2v) is 4.29. The van der Waals surface area contributed by atoms with Crippen molar-refractivity contribution in [3.05, 3.63) is 22.9 Å². The first-order valence-electron chi connectivity index (χ1n) is 5.67. The summed E-state index contributed by atoms with van der Waals surface area (Å²) < 4.78 is 6.54. The molecular formula is C10H12N4O5. The number of hydrogen-bond acceptors (Lipinski definition) is 7. The van der Waals surface area contributed by atoms with Crippen molar-refractivity contribution >= 4 is 11.0 Å². The number of hydrogen-bond donors (Lipinski definition) is 4. The van der Waals surface area contributed by atoms with Gasteiger partial charge in [0.2, 0.25) is 0 Å². The van der Waals surface area contributed by atoms with Gasteiger partial charge in [-0.15, -0.1) is 0 Å². The summed E-state index contributed by atoms with van der Waals surface area (Å²) in [6, 6.07) is 0. The SMILES string of the molecule is O=c1[nH]cnc2c1cnn2[C@H]1O[C@@H](CO)[C@H](O)[C@H]1O. The van der Waals surface area contributed by atoms with E-state index in [1.54, 1.807) is 0 Å². The zero-order valence-electron chi connectivity index (χ0n) is 9.67. The molecule has 9 nitrogen and oxygen atoms in total. The third-order valence-corrected chi connectivity index (χ3v) is 3.15. The molecule has 19 heavy (non-hydrogen) atoms. The van der Waals surface area contributed by atoms with E-state index in [1.165, 1.54) is 17.2 Å². The molecule has 2 aromatic heterocycles. The second kappa shape index (κ2) is 4.38. The minimum Gasteiger partial charge on any atom is -0.394 e. The van der Waals surface area contributed by atoms with E-state index in [0.717, 1.165) is 0 Å². The lowest BCUT2D eigenvalue weighted by Crippen LogP contribution is -2.33. The van der Waals surface area contributed by atoms with E-state index in [9.17, 15) is 15.0 Å². The maximum absolute atomic E-state index is 11.5. The van der Waals surface area contributed by atoms with E-state index in [4.69, 9.17) is 9.84 Å². The molecule has 0 saturated carbocycles. The van der Waals surface area contributed by atoms with Crippen molar-refractivity contribution in [3.8, 4) is 0 Å². The van der Waals surface area contributed by atoms with E-state index in [1.807, 2.05) is 0 Å². The number of H-pyrrole nitrogens is 1. The van der Waals surface area contributed by atoms with Crippen LogP contribution in [0.1, 0.15) is 6.23 Å². The Labute approximate surface area is 106 Å². The van der Waals surface area contributed by atoms with Gasteiger partial charge in [0.25, 0.3) is 5.56 Å². The van der Waals surface area contributed by atoms with Crippen LogP contribution >= 0.6 is 0 Å². The van der Waals surface area contributed by atoms with Crippen molar-refractivity contribution in [3.63, 3.8) is 0 Å². The molecule has 3 heterocycles. The average molecular weight is 268 g/mol. The van der Waals surface area contributed by atoms with Crippen molar-refractivity contribution in [2.45, 2.75) is 24.5 Å². The summed E-state index contributed by atoms with van der Waals surface area (Å²) in [6.07, 6.45) is -1.88. The molecule has 1 aliphatic rings. The fraction of sp³-hybridized carbons (Fsp3) is 0.500. The minimum atomic E-state index is -1.26. The lowest BCUT2D eigenvalue weighted by Gasteiger charge is -2.15. The fourth-order valence-corrected chi connectivity index (χ4v) is 2.14. The summed E-state index contributed by atoms with van der Waals surface area (Å²) in [6.45, 7) is -0.429. The third-order valence-electron chi connectivity index (χ3n) is 3.15. The molecule has 3 rings (SSSR count). The molecule has 0 aliphatic carbocycles. The standard InChI is InChI=1S/C10H12N4O5/c15-2-5-6(16)7(17)10(19-5)14-8-4(1-13-14)9(18)12-3-11-8/h1,3,5-7,10,15-17H,2H2,(H,11,12,18)/t5-,6-,7+,10-/m0/s1. The first-order valence-corrected chi connectivity index (χ1v) is 5.67. The van der Waals surface area contributed by atoms with Crippen molar-refractivity contribution in [1.82, 2.24) is 19.7 Å². The van der Waals surface area contributed by atoms with E-state index in [2.05, 4.69) is 15.1 Å². The normalized spacial score (nSPS) is 31.1. The Hall–Kier alpha value is -1.81. The molecule has 1 aliphatic heterocycles. The Morgan fingerprint density at radius 2 is 2.21 bits per heavy atom. The van der Waals surface area contributed by atoms with E-state index < -0.39 is 31.1 Å². The smallest absolute Gasteiger partial charge is 0.261 e. The summed E-state index contributed by atoms with van der Waals surface area (Å²) in [5.41, 5.74) is -0.124. The highest BCUT2D eigenvalue weighted by atomic mass is 16.6. The molecule has 0 radical (unpaired) electrons. The van der Waals surface area contributed by atoms with Crippen molar-refractivity contribution < 1.29 is 20.1 Å². The van der Waals surface area contributed by atoms with Crippen LogP contribution in [0, 0.1) is 0 Å². The Bertz CT molecular complexity index is 653. The minimum absolute atomic E-state index is 0.235. The van der Waals surface area contributed by atoms with Crippen LogP contribution in [-0.4, -0.2) is 60.0 Å². The van der Waals surface area contributed by atoms with Crippen molar-refractivity contribution in [2.75, 3.05) is 6.61 Å². The maximum atomic E-state index is 11.5. The molecule has 102 valence electrons. The van der Waals surface area contributed by atoms with Gasteiger partial charge in [0.1, 0.15) is 23.7 Å². The van der Waals surface area contributed by atoms with Gasteiger partial charge in [0.05, 0.1) is 19.1 Å². The molecule has 1 fully saturated rings. The van der Waals surface area contributed by atoms with Gasteiger partial charge in [-0.3, -0.25) is 4.79 Å². The zero-order chi connectivity index (χ0) is 13.6. The van der Waals surface area contributed by atoms with Crippen LogP contribution in [0.25, 0.3) is 11.0 Å². The topological polar surface area (TPSA) is 133 Å². The molecule has 0 spiro atoms. The molecule has 0 aromatic carbocycles. The fourth-order valence-electron chi connectivity index (χ4n) is 2.14. The first kappa shape index (κ1) is 12.2. The molecule has 0 amide bonds. The lowest BCUT2D eigenvalue weighted by atomic mass is 10.1. The summed E-state index contributed by atoms with van der Waals surface area (Å²) >= 11 is 0.